The second-order valence-electron chi connectivity index (χ2n) is 3.65. The molecule has 0 aliphatic carbocycles. The molecule has 0 amide bonds. The van der Waals surface area contributed by atoms with Gasteiger partial charge in [0.15, 0.2) is 6.29 Å². The first kappa shape index (κ1) is 9.77. The van der Waals surface area contributed by atoms with Crippen molar-refractivity contribution in [2.75, 3.05) is 0 Å². The summed E-state index contributed by atoms with van der Waals surface area (Å²) in [4.78, 5) is 10.8. The minimum Gasteiger partial charge on any atom is -0.507 e. The van der Waals surface area contributed by atoms with E-state index in [4.69, 9.17) is 0 Å². The van der Waals surface area contributed by atoms with Crippen molar-refractivity contribution in [2.45, 2.75) is 13.3 Å². The van der Waals surface area contributed by atoms with E-state index in [1.807, 2.05) is 20.0 Å². The minimum absolute atomic E-state index is 0.244. The molecule has 0 bridgehead atoms. The van der Waals surface area contributed by atoms with E-state index in [0.29, 0.717) is 5.69 Å². The fraction of sp³-hybridized carbons (Fsp3) is 0.250. The number of rotatable bonds is 2. The summed E-state index contributed by atoms with van der Waals surface area (Å²) in [6, 6.07) is 5.45. The highest BCUT2D eigenvalue weighted by Crippen LogP contribution is 2.28. The molecule has 3 nitrogen and oxygen atoms in total. The molecule has 15 heavy (non-hydrogen) atoms. The van der Waals surface area contributed by atoms with Crippen LogP contribution in [0, 0.1) is 0 Å². The molecule has 2 aromatic rings. The lowest BCUT2D eigenvalue weighted by Crippen LogP contribution is -1.93. The molecule has 0 spiro atoms. The zero-order valence-electron chi connectivity index (χ0n) is 8.82. The zero-order chi connectivity index (χ0) is 11.0. The number of hydrogen-bond donors (Lipinski definition) is 1. The molecule has 2 rings (SSSR count). The van der Waals surface area contributed by atoms with Crippen molar-refractivity contribution in [3.63, 3.8) is 0 Å². The summed E-state index contributed by atoms with van der Waals surface area (Å²) in [6.07, 6.45) is 1.66. The maximum absolute atomic E-state index is 10.8. The van der Waals surface area contributed by atoms with Gasteiger partial charge in [0.25, 0.3) is 0 Å². The summed E-state index contributed by atoms with van der Waals surface area (Å²) in [5, 5.41) is 10.5. The number of benzene rings is 1. The molecule has 1 N–H and O–H groups in total. The highest BCUT2D eigenvalue weighted by Gasteiger charge is 2.09. The first-order valence-corrected chi connectivity index (χ1v) is 4.94. The van der Waals surface area contributed by atoms with Gasteiger partial charge in [-0.15, -0.1) is 0 Å². The summed E-state index contributed by atoms with van der Waals surface area (Å²) in [7, 11) is 1.82. The number of aromatic nitrogens is 1. The topological polar surface area (TPSA) is 42.2 Å². The lowest BCUT2D eigenvalue weighted by atomic mass is 10.1. The fourth-order valence-electron chi connectivity index (χ4n) is 1.81. The number of carbonyl (C=O) groups excluding carboxylic acids is 1. The van der Waals surface area contributed by atoms with Gasteiger partial charge in [-0.3, -0.25) is 4.79 Å². The third-order valence-corrected chi connectivity index (χ3v) is 2.77. The fourth-order valence-corrected chi connectivity index (χ4v) is 1.81. The van der Waals surface area contributed by atoms with Gasteiger partial charge in [0.2, 0.25) is 0 Å². The van der Waals surface area contributed by atoms with E-state index >= 15 is 0 Å². The van der Waals surface area contributed by atoms with Gasteiger partial charge >= 0.3 is 0 Å². The van der Waals surface area contributed by atoms with Crippen LogP contribution in [0.15, 0.2) is 18.2 Å². The molecule has 0 aliphatic rings. The predicted molar refractivity (Wildman–Crippen MR) is 59.3 cm³/mol. The van der Waals surface area contributed by atoms with Gasteiger partial charge in [-0.05, 0) is 30.2 Å². The molecule has 0 saturated heterocycles. The SMILES string of the molecule is CCc1cc(O)c2cc(C=O)n(C)c2c1. The quantitative estimate of drug-likeness (QED) is 0.761. The summed E-state index contributed by atoms with van der Waals surface area (Å²) in [6.45, 7) is 2.03. The van der Waals surface area contributed by atoms with Crippen molar-refractivity contribution in [3.8, 4) is 5.75 Å². The Labute approximate surface area is 87.9 Å². The van der Waals surface area contributed by atoms with Crippen LogP contribution in [-0.4, -0.2) is 16.0 Å². The molecule has 0 fully saturated rings. The Balaban J connectivity index is 2.83. The number of hydrogen-bond acceptors (Lipinski definition) is 2. The molecule has 1 aromatic heterocycles. The van der Waals surface area contributed by atoms with Crippen molar-refractivity contribution >= 4 is 17.2 Å². The number of nitrogens with zero attached hydrogens (tertiary/aromatic N) is 1. The third-order valence-electron chi connectivity index (χ3n) is 2.77. The molecule has 1 aromatic carbocycles. The average Bonchev–Trinajstić information content (AvgIpc) is 2.56. The number of aryl methyl sites for hydroxylation is 2. The third kappa shape index (κ3) is 1.40. The Bertz CT molecular complexity index is 526. The maximum atomic E-state index is 10.8. The van der Waals surface area contributed by atoms with E-state index in [-0.39, 0.29) is 5.75 Å². The average molecular weight is 203 g/mol. The number of carbonyl (C=O) groups is 1. The molecular formula is C12H13NO2. The van der Waals surface area contributed by atoms with Gasteiger partial charge in [0.1, 0.15) is 5.75 Å². The highest BCUT2D eigenvalue weighted by molar-refractivity contribution is 5.93. The maximum Gasteiger partial charge on any atom is 0.166 e. The number of phenolic OH excluding ortho intramolecular Hbond substituents is 1. The first-order chi connectivity index (χ1) is 7.17. The van der Waals surface area contributed by atoms with Gasteiger partial charge in [0, 0.05) is 12.4 Å². The van der Waals surface area contributed by atoms with Crippen molar-refractivity contribution in [2.24, 2.45) is 7.05 Å². The molecule has 0 saturated carbocycles. The second kappa shape index (κ2) is 3.42. The lowest BCUT2D eigenvalue weighted by Gasteiger charge is -2.02. The minimum atomic E-state index is 0.244. The van der Waals surface area contributed by atoms with Gasteiger partial charge in [-0.1, -0.05) is 6.92 Å². The zero-order valence-corrected chi connectivity index (χ0v) is 8.82. The van der Waals surface area contributed by atoms with Gasteiger partial charge in [-0.25, -0.2) is 0 Å². The van der Waals surface area contributed by atoms with E-state index in [9.17, 15) is 9.90 Å². The van der Waals surface area contributed by atoms with Gasteiger partial charge in [-0.2, -0.15) is 0 Å². The molecule has 3 heteroatoms. The Hall–Kier alpha value is -1.77. The van der Waals surface area contributed by atoms with Crippen LogP contribution in [0.3, 0.4) is 0 Å². The lowest BCUT2D eigenvalue weighted by molar-refractivity contribution is 0.111. The highest BCUT2D eigenvalue weighted by atomic mass is 16.3. The van der Waals surface area contributed by atoms with E-state index in [1.54, 1.807) is 16.7 Å². The Morgan fingerprint density at radius 3 is 2.73 bits per heavy atom. The van der Waals surface area contributed by atoms with E-state index < -0.39 is 0 Å². The number of aromatic hydroxyl groups is 1. The molecule has 0 radical (unpaired) electrons. The van der Waals surface area contributed by atoms with E-state index in [2.05, 4.69) is 0 Å². The molecule has 1 heterocycles. The van der Waals surface area contributed by atoms with Crippen LogP contribution in [0.5, 0.6) is 5.75 Å². The van der Waals surface area contributed by atoms with Crippen LogP contribution in [0.25, 0.3) is 10.9 Å². The molecular weight excluding hydrogens is 190 g/mol. The second-order valence-corrected chi connectivity index (χ2v) is 3.65. The number of phenols is 1. The standard InChI is InChI=1S/C12H13NO2/c1-3-8-4-11-10(12(15)5-8)6-9(7-14)13(11)2/h4-7,15H,3H2,1-2H3. The molecule has 0 aliphatic heterocycles. The van der Waals surface area contributed by atoms with E-state index in [0.717, 1.165) is 29.2 Å². The van der Waals surface area contributed by atoms with Crippen molar-refractivity contribution < 1.29 is 9.90 Å². The summed E-state index contributed by atoms with van der Waals surface area (Å²) in [5.41, 5.74) is 2.54. The van der Waals surface area contributed by atoms with Crippen LogP contribution < -0.4 is 0 Å². The van der Waals surface area contributed by atoms with E-state index in [1.165, 1.54) is 0 Å². The summed E-state index contributed by atoms with van der Waals surface area (Å²) >= 11 is 0. The van der Waals surface area contributed by atoms with Crippen molar-refractivity contribution in [1.82, 2.24) is 4.57 Å². The number of fused-ring (bicyclic) bond motifs is 1. The van der Waals surface area contributed by atoms with Crippen molar-refractivity contribution in [1.29, 1.82) is 0 Å². The predicted octanol–water partition coefficient (Wildman–Crippen LogP) is 2.26. The van der Waals surface area contributed by atoms with Crippen LogP contribution in [-0.2, 0) is 13.5 Å². The van der Waals surface area contributed by atoms with Crippen LogP contribution in [0.2, 0.25) is 0 Å². The number of aldehydes is 1. The van der Waals surface area contributed by atoms with Gasteiger partial charge in [0.05, 0.1) is 11.2 Å². The Morgan fingerprint density at radius 2 is 2.13 bits per heavy atom. The normalized spacial score (nSPS) is 10.8. The van der Waals surface area contributed by atoms with Crippen LogP contribution in [0.4, 0.5) is 0 Å². The smallest absolute Gasteiger partial charge is 0.166 e. The van der Waals surface area contributed by atoms with Gasteiger partial charge < -0.3 is 9.67 Å². The molecule has 0 atom stereocenters. The molecule has 78 valence electrons. The summed E-state index contributed by atoms with van der Waals surface area (Å²) in [5.74, 6) is 0.244. The van der Waals surface area contributed by atoms with Crippen LogP contribution >= 0.6 is 0 Å². The Morgan fingerprint density at radius 1 is 1.40 bits per heavy atom. The Kier molecular flexibility index (Phi) is 2.23. The largest absolute Gasteiger partial charge is 0.507 e. The molecule has 0 unspecified atom stereocenters. The monoisotopic (exact) mass is 203 g/mol. The van der Waals surface area contributed by atoms with Crippen molar-refractivity contribution in [3.05, 3.63) is 29.5 Å². The summed E-state index contributed by atoms with van der Waals surface area (Å²) < 4.78 is 1.79. The van der Waals surface area contributed by atoms with Crippen LogP contribution in [0.1, 0.15) is 23.0 Å². The first-order valence-electron chi connectivity index (χ1n) is 4.94.